The third-order valence-corrected chi connectivity index (χ3v) is 11.7. The van der Waals surface area contributed by atoms with Crippen molar-refractivity contribution < 1.29 is 23.3 Å². The number of benzene rings is 10. The van der Waals surface area contributed by atoms with Crippen LogP contribution in [-0.2, 0) is 0 Å². The van der Waals surface area contributed by atoms with Crippen molar-refractivity contribution in [2.24, 2.45) is 0 Å². The van der Waals surface area contributed by atoms with Gasteiger partial charge >= 0.3 is 0 Å². The summed E-state index contributed by atoms with van der Waals surface area (Å²) < 4.78 is 160. The van der Waals surface area contributed by atoms with Crippen molar-refractivity contribution in [1.82, 2.24) is 13.7 Å². The van der Waals surface area contributed by atoms with Crippen molar-refractivity contribution in [2.45, 2.75) is 0 Å². The summed E-state index contributed by atoms with van der Waals surface area (Å²) >= 11 is 0. The zero-order valence-electron chi connectivity index (χ0n) is 50.0. The summed E-state index contributed by atoms with van der Waals surface area (Å²) in [5.41, 5.74) is 2.26. The second-order valence-electron chi connectivity index (χ2n) is 15.2. The van der Waals surface area contributed by atoms with Gasteiger partial charge in [-0.25, -0.2) is 0 Å². The Bertz CT molecular complexity index is 4830. The van der Waals surface area contributed by atoms with E-state index in [9.17, 15) is 6.85 Å². The molecule has 0 amide bonds. The molecule has 0 fully saturated rings. The molecule has 0 N–H and O–H groups in total. The lowest BCUT2D eigenvalue weighted by molar-refractivity contribution is 1.15. The van der Waals surface area contributed by atoms with Crippen molar-refractivity contribution >= 4 is 65.4 Å². The van der Waals surface area contributed by atoms with Crippen LogP contribution in [0.15, 0.2) is 236 Å². The van der Waals surface area contributed by atoms with Gasteiger partial charge in [-0.05, 0) is 112 Å². The first-order valence-electron chi connectivity index (χ1n) is 28.8. The van der Waals surface area contributed by atoms with Gasteiger partial charge in [0.25, 0.3) is 0 Å². The van der Waals surface area contributed by atoms with Gasteiger partial charge in [0.05, 0.1) is 56.4 Å². The molecule has 0 aliphatic carbocycles. The molecule has 10 aromatic carbocycles. The lowest BCUT2D eigenvalue weighted by Crippen LogP contribution is -1.98. The van der Waals surface area contributed by atoms with E-state index in [0.29, 0.717) is 27.5 Å². The number of nitrogens with zero attached hydrogens (tertiary/aromatic N) is 3. The van der Waals surface area contributed by atoms with E-state index < -0.39 is 136 Å². The summed E-state index contributed by atoms with van der Waals surface area (Å²) in [6.07, 6.45) is 0. The molecule has 13 rings (SSSR count). The van der Waals surface area contributed by atoms with Crippen LogP contribution < -0.4 is 0 Å². The zero-order valence-corrected chi connectivity index (χ0v) is 33.0. The Hall–Kier alpha value is -8.40. The molecule has 3 nitrogen and oxygen atoms in total. The van der Waals surface area contributed by atoms with Crippen LogP contribution >= 0.6 is 0 Å². The molecular weight excluding hydrogens is 763 g/mol. The van der Waals surface area contributed by atoms with E-state index in [1.54, 1.807) is 16.7 Å². The Morgan fingerprint density at radius 1 is 0.254 bits per heavy atom. The van der Waals surface area contributed by atoms with Gasteiger partial charge in [-0.3, -0.25) is 0 Å². The summed E-state index contributed by atoms with van der Waals surface area (Å²) in [7, 11) is 0. The van der Waals surface area contributed by atoms with Crippen LogP contribution in [0, 0.1) is 0 Å². The van der Waals surface area contributed by atoms with Gasteiger partial charge in [-0.1, -0.05) is 157 Å². The van der Waals surface area contributed by atoms with Crippen molar-refractivity contribution in [3.05, 3.63) is 236 Å². The monoisotopic (exact) mass is 818 g/mol. The molecule has 3 aromatic heterocycles. The molecule has 0 bridgehead atoms. The summed E-state index contributed by atoms with van der Waals surface area (Å²) in [5, 5.41) is 5.46. The summed E-state index contributed by atoms with van der Waals surface area (Å²) in [4.78, 5) is 0. The molecule has 3 heteroatoms. The molecule has 63 heavy (non-hydrogen) atoms. The number of fused-ring (bicyclic) bond motifs is 9. The minimum absolute atomic E-state index is 0.302. The molecule has 0 unspecified atom stereocenters. The van der Waals surface area contributed by atoms with E-state index in [-0.39, 0.29) is 5.69 Å². The van der Waals surface area contributed by atoms with Crippen LogP contribution in [0.1, 0.15) is 23.3 Å². The van der Waals surface area contributed by atoms with Gasteiger partial charge in [-0.15, -0.1) is 0 Å². The second-order valence-corrected chi connectivity index (χ2v) is 15.2. The van der Waals surface area contributed by atoms with E-state index in [4.69, 9.17) is 16.4 Å². The highest BCUT2D eigenvalue weighted by molar-refractivity contribution is 6.14. The van der Waals surface area contributed by atoms with Crippen LogP contribution in [-0.4, -0.2) is 13.7 Å². The van der Waals surface area contributed by atoms with Crippen LogP contribution in [0.4, 0.5) is 0 Å². The molecule has 0 radical (unpaired) electrons. The average molecular weight is 819 g/mol. The van der Waals surface area contributed by atoms with E-state index in [1.165, 1.54) is 0 Å². The van der Waals surface area contributed by atoms with Crippen molar-refractivity contribution in [3.63, 3.8) is 0 Å². The zero-order chi connectivity index (χ0) is 56.2. The standard InChI is InChI=1S/C60H39N3/c1-3-16-40(17-4-1)42-20-15-21-43(34-42)45-35-44(41-18-5-2-6-19-41)36-48(37-45)63-57-28-13-9-24-51(57)53-32-30-47(39-60(53)63)62-58-29-14-10-25-52(58)54-38-46(31-33-59(54)62)61-55-26-11-7-22-49(55)50-23-8-12-27-56(50)61/h1-39H/i1D,2D,3D,4D,5D,6D,15D,16D,17D,18D,19D,20D,21D,34D,35D,36D,37D. The molecule has 0 spiro atoms. The molecule has 294 valence electrons. The summed E-state index contributed by atoms with van der Waals surface area (Å²) in [6.45, 7) is 0. The number of aromatic nitrogens is 3. The smallest absolute Gasteiger partial charge is 0.0651 e. The fraction of sp³-hybridized carbons (Fsp3) is 0. The van der Waals surface area contributed by atoms with Crippen molar-refractivity contribution in [3.8, 4) is 50.4 Å². The average Bonchev–Trinajstić information content (AvgIpc) is 4.23. The molecule has 0 saturated heterocycles. The van der Waals surface area contributed by atoms with Gasteiger partial charge in [0.15, 0.2) is 0 Å². The Morgan fingerprint density at radius 3 is 1.21 bits per heavy atom. The van der Waals surface area contributed by atoms with E-state index in [2.05, 4.69) is 57.7 Å². The fourth-order valence-corrected chi connectivity index (χ4v) is 9.08. The maximum Gasteiger partial charge on any atom is 0.0651 e. The lowest BCUT2D eigenvalue weighted by atomic mass is 9.95. The molecule has 13 aromatic rings. The van der Waals surface area contributed by atoms with Gasteiger partial charge < -0.3 is 13.7 Å². The minimum atomic E-state index is -0.882. The van der Waals surface area contributed by atoms with Gasteiger partial charge in [0.1, 0.15) is 0 Å². The third kappa shape index (κ3) is 5.60. The normalized spacial score (nSPS) is 15.6. The van der Waals surface area contributed by atoms with Crippen LogP contribution in [0.2, 0.25) is 0 Å². The maximum absolute atomic E-state index is 10.2. The largest absolute Gasteiger partial charge is 0.309 e. The van der Waals surface area contributed by atoms with Crippen LogP contribution in [0.25, 0.3) is 116 Å². The van der Waals surface area contributed by atoms with Crippen molar-refractivity contribution in [1.29, 1.82) is 0 Å². The Kier molecular flexibility index (Phi) is 5.02. The topological polar surface area (TPSA) is 14.8 Å². The third-order valence-electron chi connectivity index (χ3n) is 11.7. The molecule has 0 aliphatic rings. The minimum Gasteiger partial charge on any atom is -0.309 e. The highest BCUT2D eigenvalue weighted by Crippen LogP contribution is 2.41. The molecular formula is C60H39N3. The molecule has 0 saturated carbocycles. The first kappa shape index (κ1) is 22.4. The quantitative estimate of drug-likeness (QED) is 0.159. The summed E-state index contributed by atoms with van der Waals surface area (Å²) in [5.74, 6) is 0. The Labute approximate surface area is 388 Å². The Balaban J connectivity index is 1.13. The van der Waals surface area contributed by atoms with E-state index >= 15 is 0 Å². The van der Waals surface area contributed by atoms with Gasteiger partial charge in [0.2, 0.25) is 0 Å². The van der Waals surface area contributed by atoms with E-state index in [1.807, 2.05) is 72.8 Å². The van der Waals surface area contributed by atoms with Crippen LogP contribution in [0.5, 0.6) is 0 Å². The highest BCUT2D eigenvalue weighted by atomic mass is 15.0. The highest BCUT2D eigenvalue weighted by Gasteiger charge is 2.19. The first-order valence-corrected chi connectivity index (χ1v) is 20.3. The fourth-order valence-electron chi connectivity index (χ4n) is 9.08. The van der Waals surface area contributed by atoms with Crippen LogP contribution in [0.3, 0.4) is 0 Å². The maximum atomic E-state index is 10.2. The number of rotatable bonds is 6. The SMILES string of the molecule is [2H]c1c([2H])c([2H])c(-c2c([2H])c([2H])c([2H])c(-c3c([2H])c(-c4c([2H])c([2H])c([2H])c([2H])c4[2H])c([2H])c(-n4c5ccccc5c5ccc(-n6c7ccccc7c7cc(-n8c9ccccc9c9ccccc98)ccc76)cc54)c3[2H])c2[2H])c([2H])c1[2H]. The van der Waals surface area contributed by atoms with E-state index in [0.717, 1.165) is 49.3 Å². The second kappa shape index (κ2) is 14.1. The lowest BCUT2D eigenvalue weighted by Gasteiger charge is -2.15. The first-order chi connectivity index (χ1) is 38.3. The predicted octanol–water partition coefficient (Wildman–Crippen LogP) is 16.0. The van der Waals surface area contributed by atoms with Gasteiger partial charge in [0, 0.05) is 49.4 Å². The van der Waals surface area contributed by atoms with Crippen molar-refractivity contribution in [2.75, 3.05) is 0 Å². The van der Waals surface area contributed by atoms with Gasteiger partial charge in [-0.2, -0.15) is 0 Å². The summed E-state index contributed by atoms with van der Waals surface area (Å²) in [6, 6.07) is 30.4. The number of hydrogen-bond acceptors (Lipinski definition) is 0. The molecule has 3 heterocycles. The predicted molar refractivity (Wildman–Crippen MR) is 266 cm³/mol. The number of hydrogen-bond donors (Lipinski definition) is 0. The Morgan fingerprint density at radius 2 is 0.635 bits per heavy atom. The number of para-hydroxylation sites is 4. The molecule has 0 atom stereocenters. The molecule has 0 aliphatic heterocycles.